The van der Waals surface area contributed by atoms with Gasteiger partial charge >= 0.3 is 5.97 Å². The van der Waals surface area contributed by atoms with Gasteiger partial charge in [0, 0.05) is 17.0 Å². The van der Waals surface area contributed by atoms with Crippen LogP contribution >= 0.6 is 11.3 Å². The first-order valence-electron chi connectivity index (χ1n) is 10.3. The zero-order valence-corrected chi connectivity index (χ0v) is 19.2. The molecule has 166 valence electrons. The lowest BCUT2D eigenvalue weighted by Gasteiger charge is -2.08. The molecule has 0 atom stereocenters. The molecule has 2 aromatic heterocycles. The smallest absolute Gasteiger partial charge is 0.311 e. The predicted octanol–water partition coefficient (Wildman–Crippen LogP) is 5.48. The van der Waals surface area contributed by atoms with E-state index in [0.717, 1.165) is 27.2 Å². The van der Waals surface area contributed by atoms with Gasteiger partial charge in [-0.2, -0.15) is 0 Å². The number of aromatic nitrogens is 3. The summed E-state index contributed by atoms with van der Waals surface area (Å²) < 4.78 is 26.4. The van der Waals surface area contributed by atoms with Crippen molar-refractivity contribution < 1.29 is 18.7 Å². The van der Waals surface area contributed by atoms with E-state index in [2.05, 4.69) is 28.4 Å². The van der Waals surface area contributed by atoms with Gasteiger partial charge in [0.2, 0.25) is 0 Å². The molecule has 4 rings (SSSR count). The minimum absolute atomic E-state index is 0.122. The highest BCUT2D eigenvalue weighted by Gasteiger charge is 2.17. The second-order valence-electron chi connectivity index (χ2n) is 7.78. The number of aryl methyl sites for hydroxylation is 1. The van der Waals surface area contributed by atoms with E-state index in [4.69, 9.17) is 9.47 Å². The van der Waals surface area contributed by atoms with Crippen LogP contribution in [0, 0.1) is 12.7 Å². The predicted molar refractivity (Wildman–Crippen MR) is 122 cm³/mol. The molecular weight excluding hydrogens is 429 g/mol. The minimum Gasteiger partial charge on any atom is -0.496 e. The Morgan fingerprint density at radius 2 is 2.03 bits per heavy atom. The summed E-state index contributed by atoms with van der Waals surface area (Å²) in [6, 6.07) is 10.5. The highest BCUT2D eigenvalue weighted by molar-refractivity contribution is 7.15. The van der Waals surface area contributed by atoms with Gasteiger partial charge in [-0.05, 0) is 50.6 Å². The van der Waals surface area contributed by atoms with Gasteiger partial charge < -0.3 is 14.0 Å². The van der Waals surface area contributed by atoms with Crippen LogP contribution in [0.15, 0.2) is 42.7 Å². The Morgan fingerprint density at radius 3 is 2.78 bits per heavy atom. The van der Waals surface area contributed by atoms with Gasteiger partial charge in [-0.15, -0.1) is 11.3 Å². The van der Waals surface area contributed by atoms with Crippen molar-refractivity contribution in [2.75, 3.05) is 7.11 Å². The number of carbonyl (C=O) groups excluding carboxylic acids is 1. The fraction of sp³-hybridized carbons (Fsp3) is 0.292. The SMILES string of the molecule is COc1cc(F)ccc1-c1nc(C)c(CC(=O)OCc2ccc3c(c2)ncn3C(C)C)s1. The van der Waals surface area contributed by atoms with Crippen molar-refractivity contribution in [3.05, 3.63) is 64.7 Å². The molecule has 0 aliphatic carbocycles. The lowest BCUT2D eigenvalue weighted by atomic mass is 10.2. The summed E-state index contributed by atoms with van der Waals surface area (Å²) in [5.41, 5.74) is 4.25. The van der Waals surface area contributed by atoms with Crippen molar-refractivity contribution in [1.29, 1.82) is 0 Å². The molecule has 0 spiro atoms. The maximum Gasteiger partial charge on any atom is 0.311 e. The van der Waals surface area contributed by atoms with Crippen molar-refractivity contribution in [3.63, 3.8) is 0 Å². The van der Waals surface area contributed by atoms with Crippen LogP contribution in [0.3, 0.4) is 0 Å². The zero-order chi connectivity index (χ0) is 22.8. The second-order valence-corrected chi connectivity index (χ2v) is 8.86. The molecule has 0 amide bonds. The summed E-state index contributed by atoms with van der Waals surface area (Å²) in [5, 5.41) is 0.674. The number of esters is 1. The van der Waals surface area contributed by atoms with Gasteiger partial charge in [0.1, 0.15) is 23.2 Å². The first-order valence-corrected chi connectivity index (χ1v) is 11.1. The largest absolute Gasteiger partial charge is 0.496 e. The molecule has 0 aliphatic heterocycles. The molecule has 32 heavy (non-hydrogen) atoms. The summed E-state index contributed by atoms with van der Waals surface area (Å²) in [7, 11) is 1.49. The Kier molecular flexibility index (Phi) is 6.23. The van der Waals surface area contributed by atoms with E-state index in [1.807, 2.05) is 31.5 Å². The molecule has 2 heterocycles. The Morgan fingerprint density at radius 1 is 1.22 bits per heavy atom. The molecule has 0 radical (unpaired) electrons. The third-order valence-corrected chi connectivity index (χ3v) is 6.38. The molecule has 0 saturated carbocycles. The van der Waals surface area contributed by atoms with E-state index in [-0.39, 0.29) is 24.8 Å². The highest BCUT2D eigenvalue weighted by Crippen LogP contribution is 2.35. The number of ether oxygens (including phenoxy) is 2. The second kappa shape index (κ2) is 9.08. The van der Waals surface area contributed by atoms with E-state index in [9.17, 15) is 9.18 Å². The number of halogens is 1. The number of hydrogen-bond acceptors (Lipinski definition) is 6. The van der Waals surface area contributed by atoms with Crippen molar-refractivity contribution >= 4 is 28.3 Å². The topological polar surface area (TPSA) is 66.2 Å². The van der Waals surface area contributed by atoms with Crippen LogP contribution in [0.5, 0.6) is 5.75 Å². The number of thiazole rings is 1. The molecule has 4 aromatic rings. The number of rotatable bonds is 7. The van der Waals surface area contributed by atoms with E-state index < -0.39 is 0 Å². The third kappa shape index (κ3) is 4.50. The standard InChI is InChI=1S/C24H24FN3O3S/c1-14(2)28-13-26-19-9-16(5-8-20(19)28)12-31-23(29)11-22-15(3)27-24(32-22)18-7-6-17(25)10-21(18)30-4/h5-10,13-14H,11-12H2,1-4H3. The normalized spacial score (nSPS) is 11.3. The van der Waals surface area contributed by atoms with Crippen LogP contribution in [0.25, 0.3) is 21.6 Å². The third-order valence-electron chi connectivity index (χ3n) is 5.19. The van der Waals surface area contributed by atoms with Crippen molar-refractivity contribution in [1.82, 2.24) is 14.5 Å². The lowest BCUT2D eigenvalue weighted by molar-refractivity contribution is -0.144. The first kappa shape index (κ1) is 22.0. The summed E-state index contributed by atoms with van der Waals surface area (Å²) in [6.07, 6.45) is 1.95. The van der Waals surface area contributed by atoms with Crippen LogP contribution < -0.4 is 4.74 Å². The average molecular weight is 454 g/mol. The molecular formula is C24H24FN3O3S. The van der Waals surface area contributed by atoms with Crippen LogP contribution in [0.4, 0.5) is 4.39 Å². The number of fused-ring (bicyclic) bond motifs is 1. The molecule has 0 saturated heterocycles. The number of nitrogens with zero attached hydrogens (tertiary/aromatic N) is 3. The summed E-state index contributed by atoms with van der Waals surface area (Å²) in [6.45, 7) is 6.24. The number of imidazole rings is 1. The van der Waals surface area contributed by atoms with Gasteiger partial charge in [-0.25, -0.2) is 14.4 Å². The number of hydrogen-bond donors (Lipinski definition) is 0. The van der Waals surface area contributed by atoms with Gasteiger partial charge in [0.05, 0.1) is 42.1 Å². The fourth-order valence-electron chi connectivity index (χ4n) is 3.47. The molecule has 0 aliphatic rings. The Hall–Kier alpha value is -3.26. The summed E-state index contributed by atoms with van der Waals surface area (Å²) >= 11 is 1.38. The van der Waals surface area contributed by atoms with Crippen molar-refractivity contribution in [2.24, 2.45) is 0 Å². The Labute approximate surface area is 189 Å². The highest BCUT2D eigenvalue weighted by atomic mass is 32.1. The maximum atomic E-state index is 13.5. The lowest BCUT2D eigenvalue weighted by Crippen LogP contribution is -2.08. The Balaban J connectivity index is 1.43. The molecule has 8 heteroatoms. The fourth-order valence-corrected chi connectivity index (χ4v) is 4.55. The monoisotopic (exact) mass is 453 g/mol. The number of benzene rings is 2. The number of methoxy groups -OCH3 is 1. The van der Waals surface area contributed by atoms with Crippen LogP contribution in [-0.4, -0.2) is 27.6 Å². The van der Waals surface area contributed by atoms with Crippen molar-refractivity contribution in [3.8, 4) is 16.3 Å². The quantitative estimate of drug-likeness (QED) is 0.347. The molecule has 6 nitrogen and oxygen atoms in total. The zero-order valence-electron chi connectivity index (χ0n) is 18.4. The molecule has 2 aromatic carbocycles. The summed E-state index contributed by atoms with van der Waals surface area (Å²) in [5.74, 6) is -0.304. The van der Waals surface area contributed by atoms with E-state index in [1.165, 1.54) is 30.6 Å². The Bertz CT molecular complexity index is 1280. The van der Waals surface area contributed by atoms with Gasteiger partial charge in [-0.3, -0.25) is 4.79 Å². The maximum absolute atomic E-state index is 13.5. The van der Waals surface area contributed by atoms with E-state index >= 15 is 0 Å². The average Bonchev–Trinajstić information content (AvgIpc) is 3.35. The molecule has 0 unspecified atom stereocenters. The van der Waals surface area contributed by atoms with Gasteiger partial charge in [0.25, 0.3) is 0 Å². The molecule has 0 bridgehead atoms. The van der Waals surface area contributed by atoms with E-state index in [1.54, 1.807) is 6.07 Å². The van der Waals surface area contributed by atoms with Crippen molar-refractivity contribution in [2.45, 2.75) is 39.8 Å². The van der Waals surface area contributed by atoms with Crippen LogP contribution in [0.1, 0.15) is 36.0 Å². The van der Waals surface area contributed by atoms with Crippen LogP contribution in [-0.2, 0) is 22.6 Å². The first-order chi connectivity index (χ1) is 15.4. The van der Waals surface area contributed by atoms with Crippen LogP contribution in [0.2, 0.25) is 0 Å². The van der Waals surface area contributed by atoms with Gasteiger partial charge in [0.15, 0.2) is 0 Å². The number of carbonyl (C=O) groups is 1. The minimum atomic E-state index is -0.378. The van der Waals surface area contributed by atoms with Gasteiger partial charge in [-0.1, -0.05) is 6.07 Å². The van der Waals surface area contributed by atoms with E-state index in [0.29, 0.717) is 22.4 Å². The molecule has 0 fully saturated rings. The molecule has 0 N–H and O–H groups in total. The summed E-state index contributed by atoms with van der Waals surface area (Å²) in [4.78, 5) is 22.3.